The zero-order chi connectivity index (χ0) is 25.7. The number of anilines is 2. The van der Waals surface area contributed by atoms with Gasteiger partial charge >= 0.3 is 0 Å². The fourth-order valence-electron chi connectivity index (χ4n) is 4.67. The van der Waals surface area contributed by atoms with Gasteiger partial charge in [-0.05, 0) is 36.4 Å². The van der Waals surface area contributed by atoms with E-state index >= 15 is 0 Å². The normalized spacial score (nSPS) is 15.7. The Balaban J connectivity index is 0.00000294. The van der Waals surface area contributed by atoms with E-state index in [0.29, 0.717) is 16.9 Å². The van der Waals surface area contributed by atoms with Crippen LogP contribution in [-0.2, 0) is 7.05 Å². The average molecular weight is 614 g/mol. The van der Waals surface area contributed by atoms with Crippen LogP contribution < -0.4 is 38.3 Å². The van der Waals surface area contributed by atoms with Crippen molar-refractivity contribution in [1.29, 1.82) is 0 Å². The minimum absolute atomic E-state index is 0. The summed E-state index contributed by atoms with van der Waals surface area (Å²) >= 11 is 0. The molecule has 2 amide bonds. The molecule has 2 aromatic carbocycles. The van der Waals surface area contributed by atoms with Crippen molar-refractivity contribution < 1.29 is 47.7 Å². The van der Waals surface area contributed by atoms with E-state index in [-0.39, 0.29) is 52.1 Å². The molecule has 0 fully saturated rings. The Hall–Kier alpha value is -4.51. The number of aromatic nitrogens is 2. The van der Waals surface area contributed by atoms with Crippen LogP contribution in [0.3, 0.4) is 0 Å². The topological polar surface area (TPSA) is 91.5 Å². The fraction of sp³-hybridized carbons (Fsp3) is 0.0345. The summed E-state index contributed by atoms with van der Waals surface area (Å²) in [6.07, 6.45) is 6.40. The maximum Gasteiger partial charge on any atom is 0.263 e. The van der Waals surface area contributed by atoms with Crippen molar-refractivity contribution in [3.05, 3.63) is 131 Å². The van der Waals surface area contributed by atoms with Crippen LogP contribution in [0.2, 0.25) is 0 Å². The zero-order valence-electron chi connectivity index (χ0n) is 20.0. The van der Waals surface area contributed by atoms with E-state index in [1.165, 1.54) is 34.3 Å². The maximum absolute atomic E-state index is 13.9. The molecule has 6 rings (SSSR count). The third-order valence-corrected chi connectivity index (χ3v) is 6.44. The van der Waals surface area contributed by atoms with E-state index < -0.39 is 23.4 Å². The second kappa shape index (κ2) is 9.75. The van der Waals surface area contributed by atoms with Crippen molar-refractivity contribution in [3.63, 3.8) is 0 Å². The van der Waals surface area contributed by atoms with Crippen LogP contribution in [0, 0.1) is 0 Å². The number of hydrogen-bond donors (Lipinski definition) is 0. The molecule has 2 aliphatic rings. The summed E-state index contributed by atoms with van der Waals surface area (Å²) in [6.45, 7) is 0. The number of hydrogen-bond acceptors (Lipinski definition) is 5. The lowest BCUT2D eigenvalue weighted by Crippen LogP contribution is -3.00. The van der Waals surface area contributed by atoms with E-state index in [0.717, 1.165) is 0 Å². The number of carbonyl (C=O) groups is 4. The second-order valence-electron chi connectivity index (χ2n) is 8.66. The molecule has 0 N–H and O–H groups in total. The number of aryl methyl sites for hydroxylation is 1. The molecule has 0 radical (unpaired) electrons. The van der Waals surface area contributed by atoms with E-state index in [9.17, 15) is 19.2 Å². The molecule has 8 nitrogen and oxygen atoms in total. The third kappa shape index (κ3) is 3.82. The van der Waals surface area contributed by atoms with E-state index in [2.05, 4.69) is 4.98 Å². The van der Waals surface area contributed by atoms with Gasteiger partial charge in [0.25, 0.3) is 11.8 Å². The number of rotatable bonds is 2. The Bertz CT molecular complexity index is 1670. The number of Topliss-reactive ketones (excluding diaryl/α,β-unsaturated/α-hetero) is 2. The highest BCUT2D eigenvalue weighted by Crippen LogP contribution is 2.43. The number of pyridine rings is 2. The third-order valence-electron chi connectivity index (χ3n) is 6.44. The van der Waals surface area contributed by atoms with Gasteiger partial charge in [0, 0.05) is 41.2 Å². The number of para-hydroxylation sites is 2. The smallest absolute Gasteiger partial charge is 0.263 e. The van der Waals surface area contributed by atoms with Gasteiger partial charge in [-0.15, -0.1) is 0 Å². The molecular formula is C29H19IN4O4. The highest BCUT2D eigenvalue weighted by molar-refractivity contribution is 6.35. The minimum atomic E-state index is -0.508. The number of halogens is 1. The number of amides is 2. The van der Waals surface area contributed by atoms with Crippen LogP contribution in [-0.4, -0.2) is 28.4 Å². The molecule has 0 unspecified atom stereocenters. The van der Waals surface area contributed by atoms with Crippen LogP contribution in [0.15, 0.2) is 109 Å². The van der Waals surface area contributed by atoms with Gasteiger partial charge in [0.05, 0.1) is 16.9 Å². The number of ketones is 2. The van der Waals surface area contributed by atoms with Gasteiger partial charge in [-0.1, -0.05) is 24.3 Å². The molecule has 4 heterocycles. The number of nitrogens with zero attached hydrogens (tertiary/aromatic N) is 4. The van der Waals surface area contributed by atoms with Crippen LogP contribution >= 0.6 is 0 Å². The maximum atomic E-state index is 13.9. The quantitative estimate of drug-likeness (QED) is 0.187. The van der Waals surface area contributed by atoms with Crippen molar-refractivity contribution in [1.82, 2.24) is 4.98 Å². The first-order chi connectivity index (χ1) is 18.0. The van der Waals surface area contributed by atoms with E-state index in [1.54, 1.807) is 77.6 Å². The van der Waals surface area contributed by atoms with Gasteiger partial charge in [0.1, 0.15) is 18.4 Å². The van der Waals surface area contributed by atoms with Crippen LogP contribution in [0.4, 0.5) is 11.4 Å². The van der Waals surface area contributed by atoms with Gasteiger partial charge in [-0.3, -0.25) is 34.0 Å². The molecule has 0 aliphatic carbocycles. The van der Waals surface area contributed by atoms with Crippen molar-refractivity contribution in [2.24, 2.45) is 7.05 Å². The monoisotopic (exact) mass is 614 g/mol. The summed E-state index contributed by atoms with van der Waals surface area (Å²) in [5, 5.41) is 0. The van der Waals surface area contributed by atoms with Gasteiger partial charge in [-0.25, -0.2) is 4.57 Å². The van der Waals surface area contributed by atoms with E-state index in [4.69, 9.17) is 0 Å². The Morgan fingerprint density at radius 2 is 1.08 bits per heavy atom. The molecule has 38 heavy (non-hydrogen) atoms. The van der Waals surface area contributed by atoms with Crippen molar-refractivity contribution >= 4 is 34.8 Å². The highest BCUT2D eigenvalue weighted by Gasteiger charge is 2.46. The van der Waals surface area contributed by atoms with Crippen molar-refractivity contribution in [3.8, 4) is 0 Å². The summed E-state index contributed by atoms with van der Waals surface area (Å²) < 4.78 is 1.78. The molecule has 0 atom stereocenters. The van der Waals surface area contributed by atoms with Crippen molar-refractivity contribution in [2.75, 3.05) is 9.80 Å². The molecular weight excluding hydrogens is 595 g/mol. The summed E-state index contributed by atoms with van der Waals surface area (Å²) in [5.41, 5.74) is 1.56. The highest BCUT2D eigenvalue weighted by atomic mass is 127. The number of carbonyl (C=O) groups excluding carboxylic acids is 4. The van der Waals surface area contributed by atoms with Gasteiger partial charge in [-0.2, -0.15) is 0 Å². The van der Waals surface area contributed by atoms with Crippen molar-refractivity contribution in [2.45, 2.75) is 0 Å². The largest absolute Gasteiger partial charge is 1.00 e. The molecule has 0 saturated carbocycles. The Morgan fingerprint density at radius 3 is 1.55 bits per heavy atom. The lowest BCUT2D eigenvalue weighted by Gasteiger charge is -2.24. The second-order valence-corrected chi connectivity index (χ2v) is 8.66. The summed E-state index contributed by atoms with van der Waals surface area (Å²) in [5.74, 6) is -2.01. The first kappa shape index (κ1) is 25.2. The van der Waals surface area contributed by atoms with Crippen LogP contribution in [0.1, 0.15) is 41.4 Å². The molecule has 2 aromatic heterocycles. The standard InChI is InChI=1S/C29H19N4O4.HI/c1-31-16-12-19(13-17-31)29(37)33-23-9-5-3-7-21(23)27(35)25(33)24-26(34)20-6-2-4-8-22(20)32(24)28(36)18-10-14-30-15-11-18;/h2-17H,1H3;1H/q+1;/p-1/b25-24+;. The molecule has 9 heteroatoms. The number of fused-ring (bicyclic) bond motifs is 2. The summed E-state index contributed by atoms with van der Waals surface area (Å²) in [6, 6.07) is 19.7. The van der Waals surface area contributed by atoms with Gasteiger partial charge in [0.15, 0.2) is 12.4 Å². The molecule has 0 saturated heterocycles. The fourth-order valence-corrected chi connectivity index (χ4v) is 4.67. The first-order valence-electron chi connectivity index (χ1n) is 11.5. The number of allylic oxidation sites excluding steroid dienone is 2. The molecule has 0 bridgehead atoms. The Morgan fingerprint density at radius 1 is 0.658 bits per heavy atom. The predicted molar refractivity (Wildman–Crippen MR) is 134 cm³/mol. The molecule has 186 valence electrons. The number of benzene rings is 2. The average Bonchev–Trinajstić information content (AvgIpc) is 3.39. The summed E-state index contributed by atoms with van der Waals surface area (Å²) in [4.78, 5) is 61.7. The zero-order valence-corrected chi connectivity index (χ0v) is 22.2. The molecule has 0 spiro atoms. The van der Waals surface area contributed by atoms with Crippen LogP contribution in [0.25, 0.3) is 0 Å². The predicted octanol–water partition coefficient (Wildman–Crippen LogP) is 0.508. The lowest BCUT2D eigenvalue weighted by molar-refractivity contribution is -0.671. The Labute approximate surface area is 234 Å². The van der Waals surface area contributed by atoms with Gasteiger partial charge in [0.2, 0.25) is 11.6 Å². The molecule has 4 aromatic rings. The Kier molecular flexibility index (Phi) is 6.45. The van der Waals surface area contributed by atoms with Gasteiger partial charge < -0.3 is 24.0 Å². The van der Waals surface area contributed by atoms with E-state index in [1.807, 2.05) is 7.05 Å². The SMILES string of the molecule is C[n+]1ccc(C(=O)N2/C(=C3\C(=O)c4ccccc4N3C(=O)c3ccncc3)C(=O)c3ccccc32)cc1.[I-]. The summed E-state index contributed by atoms with van der Waals surface area (Å²) in [7, 11) is 1.83. The molecule has 2 aliphatic heterocycles. The first-order valence-corrected chi connectivity index (χ1v) is 11.5. The van der Waals surface area contributed by atoms with Crippen LogP contribution in [0.5, 0.6) is 0 Å². The minimum Gasteiger partial charge on any atom is -1.00 e. The lowest BCUT2D eigenvalue weighted by atomic mass is 10.1.